The van der Waals surface area contributed by atoms with Crippen molar-refractivity contribution in [1.82, 2.24) is 5.32 Å². The summed E-state index contributed by atoms with van der Waals surface area (Å²) in [5.41, 5.74) is 0. The zero-order valence-corrected chi connectivity index (χ0v) is 9.87. The molecule has 1 rings (SSSR count). The van der Waals surface area contributed by atoms with Crippen LogP contribution in [0, 0.1) is 0 Å². The van der Waals surface area contributed by atoms with E-state index in [1.165, 1.54) is 37.9 Å². The van der Waals surface area contributed by atoms with Crippen LogP contribution in [0.1, 0.15) is 45.4 Å². The lowest BCUT2D eigenvalue weighted by Gasteiger charge is -2.20. The number of hydrogen-bond donors (Lipinski definition) is 1. The summed E-state index contributed by atoms with van der Waals surface area (Å²) in [6.45, 7) is 2.42. The molecule has 1 aliphatic rings. The van der Waals surface area contributed by atoms with Crippen LogP contribution in [0.25, 0.3) is 0 Å². The van der Waals surface area contributed by atoms with Crippen molar-refractivity contribution in [3.8, 4) is 0 Å². The first-order valence-corrected chi connectivity index (χ1v) is 6.70. The third kappa shape index (κ3) is 5.53. The Morgan fingerprint density at radius 1 is 1.36 bits per heavy atom. The quantitative estimate of drug-likeness (QED) is 0.714. The highest BCUT2D eigenvalue weighted by Gasteiger charge is 2.12. The second-order valence-corrected chi connectivity index (χ2v) is 5.38. The van der Waals surface area contributed by atoms with Gasteiger partial charge in [0.25, 0.3) is 0 Å². The van der Waals surface area contributed by atoms with Crippen molar-refractivity contribution in [2.24, 2.45) is 0 Å². The molecule has 0 aromatic carbocycles. The summed E-state index contributed by atoms with van der Waals surface area (Å²) in [5.74, 6) is 1.29. The third-order valence-corrected chi connectivity index (χ3v) is 4.07. The molecule has 0 saturated heterocycles. The number of hydrogen-bond acceptors (Lipinski definition) is 2. The van der Waals surface area contributed by atoms with Gasteiger partial charge in [-0.3, -0.25) is 4.79 Å². The molecule has 82 valence electrons. The third-order valence-electron chi connectivity index (χ3n) is 2.60. The number of carbonyl (C=O) groups excluding carboxylic acids is 1. The molecule has 0 atom stereocenters. The van der Waals surface area contributed by atoms with Gasteiger partial charge in [-0.05, 0) is 25.0 Å². The molecule has 0 aromatic rings. The SMILES string of the molecule is CC(=O)NCCCSC1CCCCC1. The summed E-state index contributed by atoms with van der Waals surface area (Å²) in [7, 11) is 0. The minimum atomic E-state index is 0.0904. The van der Waals surface area contributed by atoms with Crippen LogP contribution in [-0.2, 0) is 4.79 Å². The predicted molar refractivity (Wildman–Crippen MR) is 62.6 cm³/mol. The van der Waals surface area contributed by atoms with Crippen molar-refractivity contribution in [2.45, 2.75) is 50.7 Å². The normalized spacial score (nSPS) is 18.1. The Bertz CT molecular complexity index is 167. The zero-order chi connectivity index (χ0) is 10.2. The lowest BCUT2D eigenvalue weighted by atomic mass is 10.0. The number of carbonyl (C=O) groups is 1. The first-order valence-electron chi connectivity index (χ1n) is 5.65. The number of amides is 1. The molecule has 0 radical (unpaired) electrons. The Balaban J connectivity index is 1.90. The molecule has 0 aliphatic heterocycles. The summed E-state index contributed by atoms with van der Waals surface area (Å²) >= 11 is 2.10. The molecule has 0 heterocycles. The minimum Gasteiger partial charge on any atom is -0.356 e. The Kier molecular flexibility index (Phi) is 6.08. The monoisotopic (exact) mass is 215 g/mol. The second-order valence-electron chi connectivity index (χ2n) is 3.97. The van der Waals surface area contributed by atoms with E-state index in [9.17, 15) is 4.79 Å². The van der Waals surface area contributed by atoms with Gasteiger partial charge in [-0.15, -0.1) is 0 Å². The summed E-state index contributed by atoms with van der Waals surface area (Å²) in [5, 5.41) is 3.73. The van der Waals surface area contributed by atoms with Crippen LogP contribution in [0.2, 0.25) is 0 Å². The number of nitrogens with one attached hydrogen (secondary N) is 1. The molecule has 1 aliphatic carbocycles. The van der Waals surface area contributed by atoms with Gasteiger partial charge in [0, 0.05) is 18.7 Å². The lowest BCUT2D eigenvalue weighted by molar-refractivity contribution is -0.118. The Hall–Kier alpha value is -0.180. The van der Waals surface area contributed by atoms with Gasteiger partial charge in [0.2, 0.25) is 5.91 Å². The van der Waals surface area contributed by atoms with Gasteiger partial charge in [-0.2, -0.15) is 11.8 Å². The molecule has 0 bridgehead atoms. The summed E-state index contributed by atoms with van der Waals surface area (Å²) in [6, 6.07) is 0. The van der Waals surface area contributed by atoms with E-state index >= 15 is 0 Å². The fourth-order valence-electron chi connectivity index (χ4n) is 1.82. The fraction of sp³-hybridized carbons (Fsp3) is 0.909. The average Bonchev–Trinajstić information content (AvgIpc) is 2.18. The molecule has 3 heteroatoms. The van der Waals surface area contributed by atoms with Gasteiger partial charge in [0.1, 0.15) is 0 Å². The maximum atomic E-state index is 10.6. The molecular formula is C11H21NOS. The fourth-order valence-corrected chi connectivity index (χ4v) is 3.13. The van der Waals surface area contributed by atoms with Crippen LogP contribution >= 0.6 is 11.8 Å². The Morgan fingerprint density at radius 2 is 2.07 bits per heavy atom. The largest absolute Gasteiger partial charge is 0.356 e. The second kappa shape index (κ2) is 7.16. The van der Waals surface area contributed by atoms with Crippen molar-refractivity contribution in [3.05, 3.63) is 0 Å². The first-order chi connectivity index (χ1) is 6.79. The molecule has 1 amide bonds. The highest BCUT2D eigenvalue weighted by molar-refractivity contribution is 7.99. The van der Waals surface area contributed by atoms with Gasteiger partial charge in [0.05, 0.1) is 0 Å². The molecule has 1 N–H and O–H groups in total. The van der Waals surface area contributed by atoms with Crippen molar-refractivity contribution in [1.29, 1.82) is 0 Å². The highest BCUT2D eigenvalue weighted by Crippen LogP contribution is 2.28. The first kappa shape index (κ1) is 11.9. The standard InChI is InChI=1S/C11H21NOS/c1-10(13)12-8-5-9-14-11-6-3-2-4-7-11/h11H,2-9H2,1H3,(H,12,13). The van der Waals surface area contributed by atoms with Gasteiger partial charge in [0.15, 0.2) is 0 Å². The van der Waals surface area contributed by atoms with E-state index in [0.29, 0.717) is 0 Å². The maximum absolute atomic E-state index is 10.6. The minimum absolute atomic E-state index is 0.0904. The summed E-state index contributed by atoms with van der Waals surface area (Å²) < 4.78 is 0. The van der Waals surface area contributed by atoms with Gasteiger partial charge < -0.3 is 5.32 Å². The highest BCUT2D eigenvalue weighted by atomic mass is 32.2. The lowest BCUT2D eigenvalue weighted by Crippen LogP contribution is -2.21. The molecule has 14 heavy (non-hydrogen) atoms. The predicted octanol–water partition coefficient (Wildman–Crippen LogP) is 2.58. The smallest absolute Gasteiger partial charge is 0.216 e. The van der Waals surface area contributed by atoms with Gasteiger partial charge in [-0.1, -0.05) is 19.3 Å². The van der Waals surface area contributed by atoms with E-state index in [2.05, 4.69) is 17.1 Å². The molecule has 0 unspecified atom stereocenters. The van der Waals surface area contributed by atoms with E-state index in [-0.39, 0.29) is 5.91 Å². The van der Waals surface area contributed by atoms with E-state index < -0.39 is 0 Å². The van der Waals surface area contributed by atoms with Crippen LogP contribution < -0.4 is 5.32 Å². The molecule has 0 aromatic heterocycles. The van der Waals surface area contributed by atoms with Gasteiger partial charge >= 0.3 is 0 Å². The van der Waals surface area contributed by atoms with Crippen LogP contribution in [0.5, 0.6) is 0 Å². The molecule has 2 nitrogen and oxygen atoms in total. The van der Waals surface area contributed by atoms with Crippen LogP contribution in [-0.4, -0.2) is 23.5 Å². The number of thioether (sulfide) groups is 1. The van der Waals surface area contributed by atoms with Crippen molar-refractivity contribution < 1.29 is 4.79 Å². The van der Waals surface area contributed by atoms with Gasteiger partial charge in [-0.25, -0.2) is 0 Å². The molecule has 1 fully saturated rings. The Morgan fingerprint density at radius 3 is 2.71 bits per heavy atom. The topological polar surface area (TPSA) is 29.1 Å². The van der Waals surface area contributed by atoms with Crippen LogP contribution in [0.15, 0.2) is 0 Å². The van der Waals surface area contributed by atoms with Crippen LogP contribution in [0.3, 0.4) is 0 Å². The van der Waals surface area contributed by atoms with E-state index in [1.54, 1.807) is 6.92 Å². The van der Waals surface area contributed by atoms with E-state index in [0.717, 1.165) is 18.2 Å². The zero-order valence-electron chi connectivity index (χ0n) is 9.05. The summed E-state index contributed by atoms with van der Waals surface area (Å²) in [6.07, 6.45) is 8.20. The number of rotatable bonds is 5. The summed E-state index contributed by atoms with van der Waals surface area (Å²) in [4.78, 5) is 10.6. The maximum Gasteiger partial charge on any atom is 0.216 e. The average molecular weight is 215 g/mol. The molecule has 1 saturated carbocycles. The molecular weight excluding hydrogens is 194 g/mol. The van der Waals surface area contributed by atoms with E-state index in [4.69, 9.17) is 0 Å². The van der Waals surface area contributed by atoms with Crippen LogP contribution in [0.4, 0.5) is 0 Å². The van der Waals surface area contributed by atoms with Crippen molar-refractivity contribution >= 4 is 17.7 Å². The van der Waals surface area contributed by atoms with E-state index in [1.807, 2.05) is 0 Å². The van der Waals surface area contributed by atoms with Crippen molar-refractivity contribution in [2.75, 3.05) is 12.3 Å². The molecule has 0 spiro atoms. The Labute approximate surface area is 91.2 Å². The van der Waals surface area contributed by atoms with Crippen molar-refractivity contribution in [3.63, 3.8) is 0 Å².